The SMILES string of the molecule is CC(C)=CC(=O)C1(c2ccccc2)CC1. The van der Waals surface area contributed by atoms with Gasteiger partial charge in [-0.3, -0.25) is 4.79 Å². The minimum Gasteiger partial charge on any atom is -0.294 e. The van der Waals surface area contributed by atoms with E-state index in [9.17, 15) is 4.79 Å². The van der Waals surface area contributed by atoms with Crippen LogP contribution in [0.5, 0.6) is 0 Å². The molecule has 0 atom stereocenters. The van der Waals surface area contributed by atoms with Gasteiger partial charge in [0.05, 0.1) is 5.41 Å². The summed E-state index contributed by atoms with van der Waals surface area (Å²) < 4.78 is 0. The number of ketones is 1. The number of hydrogen-bond acceptors (Lipinski definition) is 1. The summed E-state index contributed by atoms with van der Waals surface area (Å²) in [5.74, 6) is 0.272. The van der Waals surface area contributed by atoms with E-state index in [1.807, 2.05) is 32.0 Å². The lowest BCUT2D eigenvalue weighted by Gasteiger charge is -2.11. The van der Waals surface area contributed by atoms with Gasteiger partial charge < -0.3 is 0 Å². The molecular formula is C14H16O. The summed E-state index contributed by atoms with van der Waals surface area (Å²) in [5.41, 5.74) is 2.08. The Labute approximate surface area is 90.8 Å². The number of carbonyl (C=O) groups is 1. The summed E-state index contributed by atoms with van der Waals surface area (Å²) in [6.07, 6.45) is 3.78. The van der Waals surface area contributed by atoms with Gasteiger partial charge in [-0.2, -0.15) is 0 Å². The van der Waals surface area contributed by atoms with E-state index in [1.54, 1.807) is 6.08 Å². The Morgan fingerprint density at radius 2 is 1.80 bits per heavy atom. The molecule has 1 aliphatic carbocycles. The van der Waals surface area contributed by atoms with E-state index in [2.05, 4.69) is 12.1 Å². The fourth-order valence-electron chi connectivity index (χ4n) is 1.96. The molecule has 0 aliphatic heterocycles. The van der Waals surface area contributed by atoms with Crippen molar-refractivity contribution in [2.75, 3.05) is 0 Å². The van der Waals surface area contributed by atoms with Crippen LogP contribution >= 0.6 is 0 Å². The molecular weight excluding hydrogens is 184 g/mol. The van der Waals surface area contributed by atoms with Gasteiger partial charge in [0.2, 0.25) is 0 Å². The van der Waals surface area contributed by atoms with Crippen LogP contribution in [0, 0.1) is 0 Å². The maximum Gasteiger partial charge on any atom is 0.166 e. The third-order valence-corrected chi connectivity index (χ3v) is 2.97. The number of allylic oxidation sites excluding steroid dienone is 2. The smallest absolute Gasteiger partial charge is 0.166 e. The Morgan fingerprint density at radius 1 is 1.20 bits per heavy atom. The molecule has 1 aliphatic rings. The van der Waals surface area contributed by atoms with Gasteiger partial charge >= 0.3 is 0 Å². The fourth-order valence-corrected chi connectivity index (χ4v) is 1.96. The molecule has 1 nitrogen and oxygen atoms in total. The average molecular weight is 200 g/mol. The molecule has 1 fully saturated rings. The van der Waals surface area contributed by atoms with Crippen molar-refractivity contribution in [2.45, 2.75) is 32.1 Å². The Balaban J connectivity index is 2.29. The van der Waals surface area contributed by atoms with Crippen molar-refractivity contribution in [3.05, 3.63) is 47.5 Å². The highest BCUT2D eigenvalue weighted by Crippen LogP contribution is 2.49. The Hall–Kier alpha value is -1.37. The van der Waals surface area contributed by atoms with Gasteiger partial charge in [0.15, 0.2) is 5.78 Å². The van der Waals surface area contributed by atoms with Gasteiger partial charge in [-0.25, -0.2) is 0 Å². The third-order valence-electron chi connectivity index (χ3n) is 2.97. The summed E-state index contributed by atoms with van der Waals surface area (Å²) in [7, 11) is 0. The van der Waals surface area contributed by atoms with Crippen molar-refractivity contribution in [3.63, 3.8) is 0 Å². The van der Waals surface area contributed by atoms with E-state index in [0.717, 1.165) is 18.4 Å². The van der Waals surface area contributed by atoms with E-state index in [1.165, 1.54) is 5.56 Å². The molecule has 0 spiro atoms. The molecule has 15 heavy (non-hydrogen) atoms. The van der Waals surface area contributed by atoms with Gasteiger partial charge in [-0.1, -0.05) is 35.9 Å². The Morgan fingerprint density at radius 3 is 2.27 bits per heavy atom. The molecule has 0 N–H and O–H groups in total. The lowest BCUT2D eigenvalue weighted by Crippen LogP contribution is -2.18. The van der Waals surface area contributed by atoms with E-state index in [0.29, 0.717) is 0 Å². The highest BCUT2D eigenvalue weighted by Gasteiger charge is 2.49. The molecule has 1 aromatic rings. The molecule has 2 rings (SSSR count). The molecule has 1 saturated carbocycles. The summed E-state index contributed by atoms with van der Waals surface area (Å²) in [6.45, 7) is 3.94. The van der Waals surface area contributed by atoms with Crippen molar-refractivity contribution >= 4 is 5.78 Å². The minimum atomic E-state index is -0.182. The second-order valence-corrected chi connectivity index (χ2v) is 4.53. The predicted molar refractivity (Wildman–Crippen MR) is 61.8 cm³/mol. The lowest BCUT2D eigenvalue weighted by molar-refractivity contribution is -0.116. The highest BCUT2D eigenvalue weighted by molar-refractivity contribution is 6.01. The van der Waals surface area contributed by atoms with E-state index in [-0.39, 0.29) is 11.2 Å². The van der Waals surface area contributed by atoms with Crippen LogP contribution in [0.3, 0.4) is 0 Å². The number of benzene rings is 1. The zero-order valence-corrected chi connectivity index (χ0v) is 9.29. The first-order chi connectivity index (χ1) is 7.15. The monoisotopic (exact) mass is 200 g/mol. The van der Waals surface area contributed by atoms with Crippen LogP contribution in [0.2, 0.25) is 0 Å². The molecule has 0 aromatic heterocycles. The van der Waals surface area contributed by atoms with E-state index in [4.69, 9.17) is 0 Å². The number of rotatable bonds is 3. The molecule has 0 radical (unpaired) electrons. The maximum absolute atomic E-state index is 12.1. The lowest BCUT2D eigenvalue weighted by atomic mass is 9.90. The van der Waals surface area contributed by atoms with Gasteiger partial charge in [0.25, 0.3) is 0 Å². The fraction of sp³-hybridized carbons (Fsp3) is 0.357. The number of hydrogen-bond donors (Lipinski definition) is 0. The second-order valence-electron chi connectivity index (χ2n) is 4.53. The zero-order chi connectivity index (χ0) is 10.9. The zero-order valence-electron chi connectivity index (χ0n) is 9.29. The van der Waals surface area contributed by atoms with E-state index >= 15 is 0 Å². The van der Waals surface area contributed by atoms with Crippen LogP contribution in [-0.4, -0.2) is 5.78 Å². The van der Waals surface area contributed by atoms with Gasteiger partial charge in [-0.15, -0.1) is 0 Å². The van der Waals surface area contributed by atoms with Crippen LogP contribution < -0.4 is 0 Å². The van der Waals surface area contributed by atoms with Crippen LogP contribution in [-0.2, 0) is 10.2 Å². The summed E-state index contributed by atoms with van der Waals surface area (Å²) in [6, 6.07) is 10.1. The van der Waals surface area contributed by atoms with Crippen LogP contribution in [0.1, 0.15) is 32.3 Å². The molecule has 1 heteroatoms. The van der Waals surface area contributed by atoms with Crippen molar-refractivity contribution in [1.29, 1.82) is 0 Å². The molecule has 0 amide bonds. The maximum atomic E-state index is 12.1. The topological polar surface area (TPSA) is 17.1 Å². The van der Waals surface area contributed by atoms with Gasteiger partial charge in [0.1, 0.15) is 0 Å². The molecule has 0 saturated heterocycles. The van der Waals surface area contributed by atoms with E-state index < -0.39 is 0 Å². The molecule has 1 aromatic carbocycles. The van der Waals surface area contributed by atoms with Crippen molar-refractivity contribution in [2.24, 2.45) is 0 Å². The summed E-state index contributed by atoms with van der Waals surface area (Å²) in [4.78, 5) is 12.1. The summed E-state index contributed by atoms with van der Waals surface area (Å²) in [5, 5.41) is 0. The predicted octanol–water partition coefficient (Wildman–Crippen LogP) is 3.25. The van der Waals surface area contributed by atoms with Crippen LogP contribution in [0.15, 0.2) is 42.0 Å². The number of carbonyl (C=O) groups excluding carboxylic acids is 1. The highest BCUT2D eigenvalue weighted by atomic mass is 16.1. The molecule has 0 heterocycles. The largest absolute Gasteiger partial charge is 0.294 e. The van der Waals surface area contributed by atoms with Gasteiger partial charge in [0, 0.05) is 0 Å². The minimum absolute atomic E-state index is 0.182. The third kappa shape index (κ3) is 1.87. The van der Waals surface area contributed by atoms with Crippen molar-refractivity contribution in [1.82, 2.24) is 0 Å². The summed E-state index contributed by atoms with van der Waals surface area (Å²) >= 11 is 0. The first-order valence-corrected chi connectivity index (χ1v) is 5.40. The van der Waals surface area contributed by atoms with Crippen molar-refractivity contribution in [3.8, 4) is 0 Å². The Bertz CT molecular complexity index is 393. The molecule has 78 valence electrons. The second kappa shape index (κ2) is 3.65. The van der Waals surface area contributed by atoms with Crippen molar-refractivity contribution < 1.29 is 4.79 Å². The first kappa shape index (κ1) is 10.2. The van der Waals surface area contributed by atoms with Crippen LogP contribution in [0.25, 0.3) is 0 Å². The Kier molecular flexibility index (Phi) is 2.47. The normalized spacial score (nSPS) is 16.9. The quantitative estimate of drug-likeness (QED) is 0.684. The standard InChI is InChI=1S/C14H16O/c1-11(2)10-13(15)14(8-9-14)12-6-4-3-5-7-12/h3-7,10H,8-9H2,1-2H3. The molecule has 0 bridgehead atoms. The first-order valence-electron chi connectivity index (χ1n) is 5.40. The van der Waals surface area contributed by atoms with Gasteiger partial charge in [-0.05, 0) is 38.3 Å². The molecule has 0 unspecified atom stereocenters. The van der Waals surface area contributed by atoms with Crippen LogP contribution in [0.4, 0.5) is 0 Å². The average Bonchev–Trinajstić information content (AvgIpc) is 2.99.